The molecule has 19 heavy (non-hydrogen) atoms. The second-order valence-electron chi connectivity index (χ2n) is 4.41. The highest BCUT2D eigenvalue weighted by molar-refractivity contribution is 5.83. The van der Waals surface area contributed by atoms with Crippen LogP contribution in [-0.2, 0) is 4.79 Å². The summed E-state index contributed by atoms with van der Waals surface area (Å²) in [7, 11) is 0. The molecular formula is C15H14N2O2. The summed E-state index contributed by atoms with van der Waals surface area (Å²) in [5.74, 6) is -1.58. The van der Waals surface area contributed by atoms with Crippen LogP contribution in [0.1, 0.15) is 36.9 Å². The average molecular weight is 254 g/mol. The molecule has 4 nitrogen and oxygen atoms in total. The number of fused-ring (bicyclic) bond motifs is 1. The van der Waals surface area contributed by atoms with E-state index in [9.17, 15) is 15.2 Å². The molecule has 0 fully saturated rings. The first kappa shape index (κ1) is 13.0. The van der Waals surface area contributed by atoms with Crippen LogP contribution in [0.25, 0.3) is 10.9 Å². The Kier molecular flexibility index (Phi) is 3.76. The molecule has 96 valence electrons. The lowest BCUT2D eigenvalue weighted by Gasteiger charge is -2.13. The predicted octanol–water partition coefficient (Wildman–Crippen LogP) is 3.07. The number of para-hydroxylation sites is 1. The smallest absolute Gasteiger partial charge is 0.311 e. The highest BCUT2D eigenvalue weighted by Gasteiger charge is 2.23. The molecule has 2 aromatic rings. The highest BCUT2D eigenvalue weighted by atomic mass is 16.4. The van der Waals surface area contributed by atoms with Gasteiger partial charge in [-0.15, -0.1) is 0 Å². The van der Waals surface area contributed by atoms with Crippen molar-refractivity contribution in [2.75, 3.05) is 0 Å². The maximum atomic E-state index is 11.4. The van der Waals surface area contributed by atoms with E-state index < -0.39 is 11.9 Å². The van der Waals surface area contributed by atoms with Crippen molar-refractivity contribution >= 4 is 16.9 Å². The molecule has 0 amide bonds. The van der Waals surface area contributed by atoms with Gasteiger partial charge in [0.05, 0.1) is 11.4 Å². The molecule has 0 radical (unpaired) electrons. The lowest BCUT2D eigenvalue weighted by molar-refractivity contribution is -0.139. The second kappa shape index (κ2) is 5.49. The predicted molar refractivity (Wildman–Crippen MR) is 71.7 cm³/mol. The Labute approximate surface area is 111 Å². The summed E-state index contributed by atoms with van der Waals surface area (Å²) in [5.41, 5.74) is 1.43. The molecule has 0 aliphatic heterocycles. The van der Waals surface area contributed by atoms with E-state index in [1.165, 1.54) is 0 Å². The van der Waals surface area contributed by atoms with Crippen LogP contribution < -0.4 is 0 Å². The van der Waals surface area contributed by atoms with Gasteiger partial charge in [0.2, 0.25) is 0 Å². The Balaban J connectivity index is 2.63. The fraction of sp³-hybridized carbons (Fsp3) is 0.267. The van der Waals surface area contributed by atoms with Gasteiger partial charge in [-0.3, -0.25) is 4.79 Å². The van der Waals surface area contributed by atoms with Gasteiger partial charge in [0.1, 0.15) is 11.8 Å². The van der Waals surface area contributed by atoms with Crippen LogP contribution in [0.3, 0.4) is 0 Å². The first-order valence-corrected chi connectivity index (χ1v) is 6.20. The largest absolute Gasteiger partial charge is 0.481 e. The van der Waals surface area contributed by atoms with Crippen LogP contribution in [0.5, 0.6) is 0 Å². The summed E-state index contributed by atoms with van der Waals surface area (Å²) in [5, 5.41) is 19.3. The Morgan fingerprint density at radius 3 is 2.84 bits per heavy atom. The molecule has 1 heterocycles. The van der Waals surface area contributed by atoms with Gasteiger partial charge in [-0.2, -0.15) is 5.26 Å². The zero-order chi connectivity index (χ0) is 13.8. The van der Waals surface area contributed by atoms with Crippen LogP contribution >= 0.6 is 0 Å². The van der Waals surface area contributed by atoms with Crippen LogP contribution in [0, 0.1) is 11.3 Å². The fourth-order valence-corrected chi connectivity index (χ4v) is 2.19. The maximum Gasteiger partial charge on any atom is 0.311 e. The Morgan fingerprint density at radius 1 is 1.47 bits per heavy atom. The first-order valence-electron chi connectivity index (χ1n) is 6.20. The average Bonchev–Trinajstić information content (AvgIpc) is 2.43. The van der Waals surface area contributed by atoms with Crippen LogP contribution in [0.4, 0.5) is 0 Å². The third-order valence-electron chi connectivity index (χ3n) is 3.11. The van der Waals surface area contributed by atoms with E-state index >= 15 is 0 Å². The summed E-state index contributed by atoms with van der Waals surface area (Å²) in [6, 6.07) is 11.2. The van der Waals surface area contributed by atoms with Gasteiger partial charge in [0.15, 0.2) is 0 Å². The number of nitrogens with zero attached hydrogens (tertiary/aromatic N) is 2. The fourth-order valence-electron chi connectivity index (χ4n) is 2.19. The van der Waals surface area contributed by atoms with Crippen molar-refractivity contribution in [1.29, 1.82) is 5.26 Å². The van der Waals surface area contributed by atoms with Crippen molar-refractivity contribution in [2.24, 2.45) is 0 Å². The van der Waals surface area contributed by atoms with Crippen molar-refractivity contribution in [3.63, 3.8) is 0 Å². The second-order valence-corrected chi connectivity index (χ2v) is 4.41. The minimum absolute atomic E-state index is 0.208. The van der Waals surface area contributed by atoms with E-state index in [1.54, 1.807) is 6.07 Å². The molecule has 0 saturated carbocycles. The van der Waals surface area contributed by atoms with E-state index in [-0.39, 0.29) is 5.69 Å². The molecule has 1 aromatic heterocycles. The number of rotatable bonds is 4. The van der Waals surface area contributed by atoms with E-state index in [0.29, 0.717) is 17.5 Å². The summed E-state index contributed by atoms with van der Waals surface area (Å²) in [4.78, 5) is 15.6. The van der Waals surface area contributed by atoms with E-state index in [0.717, 1.165) is 11.8 Å². The lowest BCUT2D eigenvalue weighted by atomic mass is 9.92. The highest BCUT2D eigenvalue weighted by Crippen LogP contribution is 2.27. The number of hydrogen-bond donors (Lipinski definition) is 1. The van der Waals surface area contributed by atoms with Crippen LogP contribution in [-0.4, -0.2) is 16.1 Å². The zero-order valence-electron chi connectivity index (χ0n) is 10.6. The SMILES string of the molecule is CCCC(C(=O)O)c1cc2ccccc2nc1C#N. The van der Waals surface area contributed by atoms with Crippen molar-refractivity contribution in [1.82, 2.24) is 4.98 Å². The van der Waals surface area contributed by atoms with Crippen molar-refractivity contribution < 1.29 is 9.90 Å². The van der Waals surface area contributed by atoms with Crippen LogP contribution in [0.2, 0.25) is 0 Å². The normalized spacial score (nSPS) is 12.0. The molecule has 0 spiro atoms. The third kappa shape index (κ3) is 2.55. The van der Waals surface area contributed by atoms with E-state index in [2.05, 4.69) is 4.98 Å². The van der Waals surface area contributed by atoms with Gasteiger partial charge in [0, 0.05) is 10.9 Å². The molecule has 1 unspecified atom stereocenters. The van der Waals surface area contributed by atoms with Crippen LogP contribution in [0.15, 0.2) is 30.3 Å². The molecule has 0 aliphatic carbocycles. The number of carboxylic acid groups (broad SMARTS) is 1. The van der Waals surface area contributed by atoms with Crippen molar-refractivity contribution in [3.05, 3.63) is 41.6 Å². The number of pyridine rings is 1. The Bertz CT molecular complexity index is 659. The number of hydrogen-bond acceptors (Lipinski definition) is 3. The van der Waals surface area contributed by atoms with Gasteiger partial charge in [-0.25, -0.2) is 4.98 Å². The molecule has 4 heteroatoms. The number of nitriles is 1. The molecule has 1 aromatic carbocycles. The van der Waals surface area contributed by atoms with Gasteiger partial charge in [-0.1, -0.05) is 31.5 Å². The number of aliphatic carboxylic acids is 1. The van der Waals surface area contributed by atoms with Gasteiger partial charge >= 0.3 is 5.97 Å². The molecule has 1 N–H and O–H groups in total. The standard InChI is InChI=1S/C15H14N2O2/c1-2-5-11(15(18)19)12-8-10-6-3-4-7-13(10)17-14(12)9-16/h3-4,6-8,11H,2,5H2,1H3,(H,18,19). The first-order chi connectivity index (χ1) is 9.17. The summed E-state index contributed by atoms with van der Waals surface area (Å²) < 4.78 is 0. The van der Waals surface area contributed by atoms with Gasteiger partial charge in [0.25, 0.3) is 0 Å². The van der Waals surface area contributed by atoms with Crippen molar-refractivity contribution in [3.8, 4) is 6.07 Å². The maximum absolute atomic E-state index is 11.4. The molecule has 0 saturated heterocycles. The number of benzene rings is 1. The van der Waals surface area contributed by atoms with Gasteiger partial charge in [-0.05, 0) is 18.6 Å². The number of carboxylic acids is 1. The molecule has 2 rings (SSSR count). The molecule has 1 atom stereocenters. The van der Waals surface area contributed by atoms with Crippen molar-refractivity contribution in [2.45, 2.75) is 25.7 Å². The van der Waals surface area contributed by atoms with Gasteiger partial charge < -0.3 is 5.11 Å². The van der Waals surface area contributed by atoms with E-state index in [4.69, 9.17) is 0 Å². The topological polar surface area (TPSA) is 74.0 Å². The number of carbonyl (C=O) groups is 1. The summed E-state index contributed by atoms with van der Waals surface area (Å²) >= 11 is 0. The minimum Gasteiger partial charge on any atom is -0.481 e. The molecule has 0 aliphatic rings. The Hall–Kier alpha value is -2.41. The quantitative estimate of drug-likeness (QED) is 0.909. The zero-order valence-corrected chi connectivity index (χ0v) is 10.6. The third-order valence-corrected chi connectivity index (χ3v) is 3.11. The molecule has 0 bridgehead atoms. The van der Waals surface area contributed by atoms with E-state index in [1.807, 2.05) is 37.3 Å². The minimum atomic E-state index is -0.907. The Morgan fingerprint density at radius 2 is 2.21 bits per heavy atom. The monoisotopic (exact) mass is 254 g/mol. The summed E-state index contributed by atoms with van der Waals surface area (Å²) in [6.07, 6.45) is 1.25. The lowest BCUT2D eigenvalue weighted by Crippen LogP contribution is -2.13. The summed E-state index contributed by atoms with van der Waals surface area (Å²) in [6.45, 7) is 1.93. The number of aromatic nitrogens is 1. The molecular weight excluding hydrogens is 240 g/mol.